The highest BCUT2D eigenvalue weighted by Gasteiger charge is 2.07. The van der Waals surface area contributed by atoms with Crippen molar-refractivity contribution in [2.45, 2.75) is 13.0 Å². The molecule has 0 saturated heterocycles. The van der Waals surface area contributed by atoms with Crippen LogP contribution >= 0.6 is 0 Å². The second-order valence-corrected chi connectivity index (χ2v) is 3.34. The van der Waals surface area contributed by atoms with Crippen LogP contribution in [0.25, 0.3) is 0 Å². The topological polar surface area (TPSA) is 106 Å². The SMILES string of the molecule is C=CCOC(=O)NCCCn1cc(C(=O)O)nn1. The molecule has 0 atom stereocenters. The van der Waals surface area contributed by atoms with Gasteiger partial charge in [0.1, 0.15) is 6.61 Å². The van der Waals surface area contributed by atoms with Gasteiger partial charge in [0.15, 0.2) is 5.69 Å². The number of carbonyl (C=O) groups excluding carboxylic acids is 1. The van der Waals surface area contributed by atoms with Crippen LogP contribution in [0, 0.1) is 0 Å². The lowest BCUT2D eigenvalue weighted by Crippen LogP contribution is -2.26. The van der Waals surface area contributed by atoms with E-state index < -0.39 is 12.1 Å². The Labute approximate surface area is 103 Å². The molecule has 0 spiro atoms. The van der Waals surface area contributed by atoms with Crippen molar-refractivity contribution in [2.75, 3.05) is 13.2 Å². The summed E-state index contributed by atoms with van der Waals surface area (Å²) < 4.78 is 6.10. The molecule has 0 bridgehead atoms. The average Bonchev–Trinajstić information content (AvgIpc) is 2.81. The summed E-state index contributed by atoms with van der Waals surface area (Å²) in [5, 5.41) is 18.3. The minimum atomic E-state index is -1.12. The first-order valence-corrected chi connectivity index (χ1v) is 5.28. The molecule has 1 aromatic heterocycles. The molecule has 0 radical (unpaired) electrons. The lowest BCUT2D eigenvalue weighted by atomic mass is 10.4. The van der Waals surface area contributed by atoms with Gasteiger partial charge in [-0.25, -0.2) is 9.59 Å². The van der Waals surface area contributed by atoms with Crippen LogP contribution in [-0.2, 0) is 11.3 Å². The summed E-state index contributed by atoms with van der Waals surface area (Å²) in [6.07, 6.45) is 2.88. The Morgan fingerprint density at radius 1 is 1.61 bits per heavy atom. The van der Waals surface area contributed by atoms with Crippen molar-refractivity contribution in [3.8, 4) is 0 Å². The van der Waals surface area contributed by atoms with Gasteiger partial charge in [-0.1, -0.05) is 17.9 Å². The summed E-state index contributed by atoms with van der Waals surface area (Å²) in [7, 11) is 0. The fourth-order valence-corrected chi connectivity index (χ4v) is 1.12. The van der Waals surface area contributed by atoms with E-state index in [-0.39, 0.29) is 12.3 Å². The number of hydrogen-bond donors (Lipinski definition) is 2. The Bertz CT molecular complexity index is 429. The summed E-state index contributed by atoms with van der Waals surface area (Å²) in [5.41, 5.74) is -0.103. The fraction of sp³-hybridized carbons (Fsp3) is 0.400. The number of carboxylic acids is 1. The van der Waals surface area contributed by atoms with Crippen LogP contribution < -0.4 is 5.32 Å². The van der Waals surface area contributed by atoms with Crippen molar-refractivity contribution in [1.29, 1.82) is 0 Å². The Morgan fingerprint density at radius 2 is 2.39 bits per heavy atom. The molecule has 1 heterocycles. The van der Waals surface area contributed by atoms with Crippen LogP contribution in [0.15, 0.2) is 18.9 Å². The van der Waals surface area contributed by atoms with Crippen LogP contribution in [0.4, 0.5) is 4.79 Å². The second-order valence-electron chi connectivity index (χ2n) is 3.34. The van der Waals surface area contributed by atoms with Gasteiger partial charge in [0.05, 0.1) is 6.20 Å². The summed E-state index contributed by atoms with van der Waals surface area (Å²) in [5.74, 6) is -1.12. The molecule has 8 nitrogen and oxygen atoms in total. The molecule has 0 aliphatic heterocycles. The van der Waals surface area contributed by atoms with Crippen molar-refractivity contribution < 1.29 is 19.4 Å². The first kappa shape index (κ1) is 13.7. The number of alkyl carbamates (subject to hydrolysis) is 1. The van der Waals surface area contributed by atoms with Crippen molar-refractivity contribution in [3.05, 3.63) is 24.5 Å². The minimum absolute atomic E-state index is 0.103. The van der Waals surface area contributed by atoms with Gasteiger partial charge in [-0.2, -0.15) is 0 Å². The van der Waals surface area contributed by atoms with E-state index in [0.717, 1.165) is 0 Å². The number of aryl methyl sites for hydroxylation is 1. The number of aromatic nitrogens is 3. The van der Waals surface area contributed by atoms with Crippen molar-refractivity contribution in [1.82, 2.24) is 20.3 Å². The number of nitrogens with one attached hydrogen (secondary N) is 1. The Kier molecular flexibility index (Phi) is 5.36. The van der Waals surface area contributed by atoms with E-state index in [9.17, 15) is 9.59 Å². The highest BCUT2D eigenvalue weighted by atomic mass is 16.5. The predicted molar refractivity (Wildman–Crippen MR) is 61.1 cm³/mol. The molecule has 1 amide bonds. The zero-order valence-corrected chi connectivity index (χ0v) is 9.70. The molecule has 2 N–H and O–H groups in total. The van der Waals surface area contributed by atoms with Crippen LogP contribution in [0.5, 0.6) is 0 Å². The highest BCUT2D eigenvalue weighted by molar-refractivity contribution is 5.84. The van der Waals surface area contributed by atoms with Crippen molar-refractivity contribution in [2.24, 2.45) is 0 Å². The molecule has 1 aromatic rings. The normalized spacial score (nSPS) is 9.78. The van der Waals surface area contributed by atoms with E-state index in [1.165, 1.54) is 17.0 Å². The van der Waals surface area contributed by atoms with Crippen molar-refractivity contribution in [3.63, 3.8) is 0 Å². The lowest BCUT2D eigenvalue weighted by Gasteiger charge is -2.04. The number of amides is 1. The molecule has 0 fully saturated rings. The number of nitrogens with zero attached hydrogens (tertiary/aromatic N) is 3. The maximum absolute atomic E-state index is 11.0. The molecule has 0 aromatic carbocycles. The Hall–Kier alpha value is -2.38. The summed E-state index contributed by atoms with van der Waals surface area (Å²) in [6.45, 7) is 4.44. The summed E-state index contributed by atoms with van der Waals surface area (Å²) in [4.78, 5) is 21.5. The number of carboxylic acid groups (broad SMARTS) is 1. The van der Waals surface area contributed by atoms with Crippen LogP contribution in [0.3, 0.4) is 0 Å². The monoisotopic (exact) mass is 254 g/mol. The largest absolute Gasteiger partial charge is 0.476 e. The van der Waals surface area contributed by atoms with Crippen LogP contribution in [0.2, 0.25) is 0 Å². The first-order chi connectivity index (χ1) is 8.63. The molecule has 0 saturated carbocycles. The maximum atomic E-state index is 11.0. The Balaban J connectivity index is 2.19. The number of ether oxygens (including phenoxy) is 1. The van der Waals surface area contributed by atoms with E-state index in [2.05, 4.69) is 22.2 Å². The minimum Gasteiger partial charge on any atom is -0.476 e. The first-order valence-electron chi connectivity index (χ1n) is 5.28. The summed E-state index contributed by atoms with van der Waals surface area (Å²) in [6, 6.07) is 0. The molecule has 0 aliphatic rings. The molecule has 0 aliphatic carbocycles. The highest BCUT2D eigenvalue weighted by Crippen LogP contribution is 1.94. The van der Waals surface area contributed by atoms with E-state index in [1.54, 1.807) is 0 Å². The molecule has 0 unspecified atom stereocenters. The second kappa shape index (κ2) is 7.05. The van der Waals surface area contributed by atoms with E-state index in [4.69, 9.17) is 9.84 Å². The van der Waals surface area contributed by atoms with Gasteiger partial charge >= 0.3 is 12.1 Å². The zero-order chi connectivity index (χ0) is 13.4. The molecule has 8 heteroatoms. The molecule has 98 valence electrons. The number of hydrogen-bond acceptors (Lipinski definition) is 5. The lowest BCUT2D eigenvalue weighted by molar-refractivity contribution is 0.0690. The standard InChI is InChI=1S/C10H14N4O4/c1-2-6-18-10(17)11-4-3-5-14-7-8(9(15)16)12-13-14/h2,7H,1,3-6H2,(H,11,17)(H,15,16). The number of carbonyl (C=O) groups is 2. The molecule has 18 heavy (non-hydrogen) atoms. The zero-order valence-electron chi connectivity index (χ0n) is 9.70. The average molecular weight is 254 g/mol. The number of rotatable bonds is 7. The third-order valence-electron chi connectivity index (χ3n) is 1.92. The van der Waals surface area contributed by atoms with E-state index >= 15 is 0 Å². The van der Waals surface area contributed by atoms with Gasteiger partial charge in [-0.15, -0.1) is 5.10 Å². The van der Waals surface area contributed by atoms with Gasteiger partial charge < -0.3 is 15.2 Å². The third-order valence-corrected chi connectivity index (χ3v) is 1.92. The van der Waals surface area contributed by atoms with Gasteiger partial charge in [0, 0.05) is 13.1 Å². The van der Waals surface area contributed by atoms with E-state index in [1.807, 2.05) is 0 Å². The Morgan fingerprint density at radius 3 is 3.00 bits per heavy atom. The fourth-order valence-electron chi connectivity index (χ4n) is 1.12. The van der Waals surface area contributed by atoms with Gasteiger partial charge in [0.2, 0.25) is 0 Å². The maximum Gasteiger partial charge on any atom is 0.407 e. The van der Waals surface area contributed by atoms with Crippen LogP contribution in [-0.4, -0.2) is 45.3 Å². The quantitative estimate of drug-likeness (QED) is 0.534. The smallest absolute Gasteiger partial charge is 0.407 e. The molecular weight excluding hydrogens is 240 g/mol. The molecular formula is C10H14N4O4. The van der Waals surface area contributed by atoms with E-state index in [0.29, 0.717) is 19.5 Å². The van der Waals surface area contributed by atoms with Gasteiger partial charge in [0.25, 0.3) is 0 Å². The number of aromatic carboxylic acids is 1. The third kappa shape index (κ3) is 4.64. The summed E-state index contributed by atoms with van der Waals surface area (Å²) >= 11 is 0. The van der Waals surface area contributed by atoms with Gasteiger partial charge in [-0.05, 0) is 6.42 Å². The van der Waals surface area contributed by atoms with Gasteiger partial charge in [-0.3, -0.25) is 4.68 Å². The van der Waals surface area contributed by atoms with Crippen molar-refractivity contribution >= 4 is 12.1 Å². The van der Waals surface area contributed by atoms with Crippen LogP contribution in [0.1, 0.15) is 16.9 Å². The predicted octanol–water partition coefficient (Wildman–Crippen LogP) is 0.279. The molecule has 1 rings (SSSR count).